The molecule has 0 spiro atoms. The Morgan fingerprint density at radius 2 is 1.37 bits per heavy atom. The van der Waals surface area contributed by atoms with Crippen molar-refractivity contribution >= 4 is 10.8 Å². The summed E-state index contributed by atoms with van der Waals surface area (Å²) in [6.45, 7) is 4.02. The third-order valence-corrected chi connectivity index (χ3v) is 7.96. The number of rotatable bonds is 10. The molecule has 0 unspecified atom stereocenters. The van der Waals surface area contributed by atoms with Gasteiger partial charge in [0.15, 0.2) is 35.7 Å². The average molecular weight is 690 g/mol. The fourth-order valence-electron chi connectivity index (χ4n) is 5.82. The number of aryl methyl sites for hydroxylation is 3. The first-order chi connectivity index (χ1) is 20.6. The number of benzene rings is 4. The Kier molecular flexibility index (Phi) is 9.60. The Labute approximate surface area is 270 Å². The maximum atomic E-state index is 6.51. The molecule has 0 N–H and O–H groups in total. The van der Waals surface area contributed by atoms with Crippen molar-refractivity contribution in [2.24, 2.45) is 0 Å². The van der Waals surface area contributed by atoms with Crippen molar-refractivity contribution in [2.75, 3.05) is 21.3 Å². The van der Waals surface area contributed by atoms with E-state index in [4.69, 9.17) is 23.7 Å². The summed E-state index contributed by atoms with van der Waals surface area (Å²) in [5.74, 6) is 3.80. The maximum absolute atomic E-state index is 6.51. The fraction of sp³-hybridized carbons (Fsp3) is 0.250. The molecule has 4 aromatic carbocycles. The predicted octanol–water partition coefficient (Wildman–Crippen LogP) is 4.10. The Morgan fingerprint density at radius 3 is 2.07 bits per heavy atom. The number of nitrogens with zero attached hydrogens (tertiary/aromatic N) is 1. The van der Waals surface area contributed by atoms with Gasteiger partial charge in [0.25, 0.3) is 0 Å². The zero-order chi connectivity index (χ0) is 29.1. The van der Waals surface area contributed by atoms with Crippen LogP contribution in [0.5, 0.6) is 28.7 Å². The van der Waals surface area contributed by atoms with E-state index in [1.54, 1.807) is 21.3 Å². The minimum atomic E-state index is 0. The molecule has 222 valence electrons. The van der Waals surface area contributed by atoms with Crippen molar-refractivity contribution in [1.29, 1.82) is 0 Å². The first-order valence-corrected chi connectivity index (χ1v) is 14.3. The Balaban J connectivity index is 0.00000368. The van der Waals surface area contributed by atoms with Gasteiger partial charge < -0.3 is 47.7 Å². The van der Waals surface area contributed by atoms with Gasteiger partial charge in [-0.1, -0.05) is 49.4 Å². The fourth-order valence-corrected chi connectivity index (χ4v) is 5.82. The number of fused-ring (bicyclic) bond motifs is 4. The van der Waals surface area contributed by atoms with Crippen LogP contribution in [0.25, 0.3) is 22.0 Å². The van der Waals surface area contributed by atoms with Gasteiger partial charge in [0, 0.05) is 17.4 Å². The molecular formula is C36H36INO5. The van der Waals surface area contributed by atoms with Gasteiger partial charge in [-0.05, 0) is 59.5 Å². The van der Waals surface area contributed by atoms with Gasteiger partial charge in [-0.25, -0.2) is 0 Å². The van der Waals surface area contributed by atoms with E-state index in [2.05, 4.69) is 48.0 Å². The van der Waals surface area contributed by atoms with Crippen LogP contribution in [0.4, 0.5) is 0 Å². The Morgan fingerprint density at radius 1 is 0.698 bits per heavy atom. The first-order valence-electron chi connectivity index (χ1n) is 14.3. The molecule has 1 aliphatic heterocycles. The zero-order valence-electron chi connectivity index (χ0n) is 25.0. The van der Waals surface area contributed by atoms with Crippen molar-refractivity contribution in [2.45, 2.75) is 39.5 Å². The zero-order valence-corrected chi connectivity index (χ0v) is 27.1. The molecule has 6 rings (SSSR count). The van der Waals surface area contributed by atoms with E-state index >= 15 is 0 Å². The summed E-state index contributed by atoms with van der Waals surface area (Å²) in [7, 11) is 5.06. The van der Waals surface area contributed by atoms with Crippen LogP contribution in [-0.4, -0.2) is 21.3 Å². The topological polar surface area (TPSA) is 50.0 Å². The van der Waals surface area contributed by atoms with Crippen LogP contribution in [0.2, 0.25) is 0 Å². The van der Waals surface area contributed by atoms with E-state index in [1.807, 2.05) is 48.5 Å². The van der Waals surface area contributed by atoms with Crippen LogP contribution >= 0.6 is 0 Å². The molecule has 7 heteroatoms. The molecule has 0 saturated heterocycles. The predicted molar refractivity (Wildman–Crippen MR) is 164 cm³/mol. The van der Waals surface area contributed by atoms with Crippen molar-refractivity contribution < 1.29 is 52.2 Å². The van der Waals surface area contributed by atoms with Gasteiger partial charge in [-0.3, -0.25) is 0 Å². The number of pyridine rings is 1. The molecule has 6 nitrogen and oxygen atoms in total. The summed E-state index contributed by atoms with van der Waals surface area (Å²) in [6, 6.07) is 26.6. The molecule has 0 amide bonds. The number of hydrogen-bond acceptors (Lipinski definition) is 5. The van der Waals surface area contributed by atoms with Gasteiger partial charge in [0.2, 0.25) is 5.69 Å². The smallest absolute Gasteiger partial charge is 0.216 e. The van der Waals surface area contributed by atoms with Crippen LogP contribution in [0.1, 0.15) is 29.2 Å². The second-order valence-corrected chi connectivity index (χ2v) is 10.4. The van der Waals surface area contributed by atoms with E-state index in [9.17, 15) is 0 Å². The minimum absolute atomic E-state index is 0. The van der Waals surface area contributed by atoms with Crippen molar-refractivity contribution in [3.8, 4) is 40.0 Å². The summed E-state index contributed by atoms with van der Waals surface area (Å²) in [4.78, 5) is 0. The van der Waals surface area contributed by atoms with E-state index < -0.39 is 0 Å². The highest BCUT2D eigenvalue weighted by molar-refractivity contribution is 5.95. The Hall–Kier alpha value is -3.98. The highest BCUT2D eigenvalue weighted by atomic mass is 127. The van der Waals surface area contributed by atoms with Crippen molar-refractivity contribution in [3.05, 3.63) is 107 Å². The molecule has 0 radical (unpaired) electrons. The summed E-state index contributed by atoms with van der Waals surface area (Å²) in [5.41, 5.74) is 7.13. The Bertz CT molecular complexity index is 1720. The lowest BCUT2D eigenvalue weighted by atomic mass is 9.90. The van der Waals surface area contributed by atoms with E-state index in [-0.39, 0.29) is 24.0 Å². The molecule has 0 saturated carbocycles. The maximum Gasteiger partial charge on any atom is 0.216 e. The van der Waals surface area contributed by atoms with Gasteiger partial charge in [-0.2, -0.15) is 4.57 Å². The number of ether oxygens (including phenoxy) is 5. The normalized spacial score (nSPS) is 11.6. The molecule has 0 aliphatic carbocycles. The third kappa shape index (κ3) is 6.09. The minimum Gasteiger partial charge on any atom is -1.00 e. The SMILES string of the molecule is CCc1c2[n+](cc3c(OCc4ccc(OCc5ccccc5)cc4)c(OC)ccc13)CCc1cc(OC)c(OC)cc1-2.[I-]. The highest BCUT2D eigenvalue weighted by Gasteiger charge is 2.31. The number of methoxy groups -OCH3 is 3. The lowest BCUT2D eigenvalue weighted by molar-refractivity contribution is -0.686. The lowest BCUT2D eigenvalue weighted by Gasteiger charge is -2.22. The number of aromatic nitrogens is 1. The van der Waals surface area contributed by atoms with Crippen molar-refractivity contribution in [1.82, 2.24) is 0 Å². The molecule has 1 aromatic heterocycles. The monoisotopic (exact) mass is 689 g/mol. The van der Waals surface area contributed by atoms with E-state index in [0.717, 1.165) is 70.0 Å². The van der Waals surface area contributed by atoms with Gasteiger partial charge >= 0.3 is 0 Å². The molecule has 0 bridgehead atoms. The molecule has 5 aromatic rings. The van der Waals surface area contributed by atoms with Gasteiger partial charge in [0.1, 0.15) is 19.0 Å². The van der Waals surface area contributed by atoms with Crippen LogP contribution in [-0.2, 0) is 32.6 Å². The second-order valence-electron chi connectivity index (χ2n) is 10.4. The highest BCUT2D eigenvalue weighted by Crippen LogP contribution is 2.42. The van der Waals surface area contributed by atoms with Crippen LogP contribution in [0.15, 0.2) is 85.1 Å². The molecule has 0 fully saturated rings. The number of hydrogen-bond donors (Lipinski definition) is 0. The lowest BCUT2D eigenvalue weighted by Crippen LogP contribution is -3.00. The first kappa shape index (κ1) is 30.5. The van der Waals surface area contributed by atoms with Gasteiger partial charge in [-0.15, -0.1) is 0 Å². The molecule has 1 aliphatic rings. The second kappa shape index (κ2) is 13.5. The molecular weight excluding hydrogens is 653 g/mol. The van der Waals surface area contributed by atoms with Crippen LogP contribution < -0.4 is 52.2 Å². The molecule has 43 heavy (non-hydrogen) atoms. The molecule has 0 atom stereocenters. The summed E-state index contributed by atoms with van der Waals surface area (Å²) in [6.07, 6.45) is 3.99. The van der Waals surface area contributed by atoms with Gasteiger partial charge in [0.05, 0.1) is 32.3 Å². The average Bonchev–Trinajstić information content (AvgIpc) is 3.05. The number of halogens is 1. The third-order valence-electron chi connectivity index (χ3n) is 7.96. The van der Waals surface area contributed by atoms with Crippen molar-refractivity contribution in [3.63, 3.8) is 0 Å². The van der Waals surface area contributed by atoms with Crippen LogP contribution in [0, 0.1) is 0 Å². The summed E-state index contributed by atoms with van der Waals surface area (Å²) in [5, 5.41) is 2.20. The summed E-state index contributed by atoms with van der Waals surface area (Å²) < 4.78 is 31.8. The molecule has 2 heterocycles. The van der Waals surface area contributed by atoms with E-state index in [0.29, 0.717) is 13.2 Å². The largest absolute Gasteiger partial charge is 1.00 e. The quantitative estimate of drug-likeness (QED) is 0.164. The standard InChI is InChI=1S/C36H36NO5.HI/c1-5-28-29-15-16-32(38-2)36(42-23-25-11-13-27(14-12-25)41-22-24-9-7-6-8-10-24)31(29)21-37-18-17-26-19-33(39-3)34(40-4)20-30(26)35(28)37;/h6-16,19-21H,5,17-18,22-23H2,1-4H3;1H/q+1;/p-1. The van der Waals surface area contributed by atoms with Crippen LogP contribution in [0.3, 0.4) is 0 Å². The van der Waals surface area contributed by atoms with E-state index in [1.165, 1.54) is 22.4 Å². The summed E-state index contributed by atoms with van der Waals surface area (Å²) >= 11 is 0.